The first-order chi connectivity index (χ1) is 17.1. The largest absolute Gasteiger partial charge is 0.453 e. The number of hydrogen-bond donors (Lipinski definition) is 0. The van der Waals surface area contributed by atoms with E-state index in [9.17, 15) is 9.59 Å². The predicted octanol–water partition coefficient (Wildman–Crippen LogP) is 6.84. The standard InChI is InChI=1S/C31H47NO3/c1-3-29(33)32-19-9-14-28(32)31(35-30(34)4-2,26-17-15-22-10-5-7-12-24(22)20-26)27-18-16-23-11-6-8-13-25(23)21-27/h3-4,22-28H,1-2,5-21H2/t22?,23?,24?,25?,26?,27?,28-,31?/m0/s1. The van der Waals surface area contributed by atoms with E-state index in [1.807, 2.05) is 4.90 Å². The first-order valence-electron chi connectivity index (χ1n) is 14.8. The zero-order chi connectivity index (χ0) is 24.4. The van der Waals surface area contributed by atoms with Crippen molar-refractivity contribution in [1.82, 2.24) is 4.90 Å². The van der Waals surface area contributed by atoms with Gasteiger partial charge in [-0.15, -0.1) is 0 Å². The normalized spacial score (nSPS) is 39.0. The van der Waals surface area contributed by atoms with Gasteiger partial charge in [0.15, 0.2) is 0 Å². The lowest BCUT2D eigenvalue weighted by molar-refractivity contribution is -0.198. The summed E-state index contributed by atoms with van der Waals surface area (Å²) in [4.78, 5) is 28.2. The summed E-state index contributed by atoms with van der Waals surface area (Å²) in [7, 11) is 0. The maximum Gasteiger partial charge on any atom is 0.330 e. The van der Waals surface area contributed by atoms with Crippen molar-refractivity contribution in [3.05, 3.63) is 25.3 Å². The summed E-state index contributed by atoms with van der Waals surface area (Å²) in [5.41, 5.74) is -0.592. The average molecular weight is 482 g/mol. The van der Waals surface area contributed by atoms with Crippen LogP contribution in [0.25, 0.3) is 0 Å². The molecule has 6 unspecified atom stereocenters. The van der Waals surface area contributed by atoms with Crippen molar-refractivity contribution in [2.24, 2.45) is 35.5 Å². The fourth-order valence-corrected chi connectivity index (χ4v) is 9.51. The molecule has 5 fully saturated rings. The number of likely N-dealkylation sites (tertiary alicyclic amines) is 1. The second-order valence-electron chi connectivity index (χ2n) is 12.5. The first kappa shape index (κ1) is 25.1. The van der Waals surface area contributed by atoms with Crippen molar-refractivity contribution in [2.75, 3.05) is 6.54 Å². The smallest absolute Gasteiger partial charge is 0.330 e. The first-order valence-corrected chi connectivity index (χ1v) is 14.8. The highest BCUT2D eigenvalue weighted by atomic mass is 16.6. The molecular weight excluding hydrogens is 434 g/mol. The summed E-state index contributed by atoms with van der Waals surface area (Å²) in [6, 6.07) is -0.0350. The molecule has 1 heterocycles. The van der Waals surface area contributed by atoms with Crippen LogP contribution in [-0.4, -0.2) is 35.0 Å². The maximum absolute atomic E-state index is 13.1. The maximum atomic E-state index is 13.1. The van der Waals surface area contributed by atoms with Gasteiger partial charge >= 0.3 is 5.97 Å². The zero-order valence-corrected chi connectivity index (χ0v) is 21.8. The summed E-state index contributed by atoms with van der Waals surface area (Å²) in [6.45, 7) is 8.36. The van der Waals surface area contributed by atoms with E-state index in [0.717, 1.165) is 68.7 Å². The van der Waals surface area contributed by atoms with Gasteiger partial charge in [-0.3, -0.25) is 4.79 Å². The lowest BCUT2D eigenvalue weighted by atomic mass is 9.55. The quantitative estimate of drug-likeness (QED) is 0.308. The minimum absolute atomic E-state index is 0.00392. The Kier molecular flexibility index (Phi) is 7.75. The molecule has 1 aliphatic heterocycles. The molecule has 0 N–H and O–H groups in total. The highest BCUT2D eigenvalue weighted by Crippen LogP contribution is 2.56. The number of esters is 1. The second kappa shape index (κ2) is 10.8. The van der Waals surface area contributed by atoms with Crippen LogP contribution in [0.4, 0.5) is 0 Å². The number of hydrogen-bond acceptors (Lipinski definition) is 3. The van der Waals surface area contributed by atoms with Crippen LogP contribution >= 0.6 is 0 Å². The highest BCUT2D eigenvalue weighted by Gasteiger charge is 2.59. The SMILES string of the molecule is C=CC(=O)OC(C1CCC2CCCCC2C1)(C1CCC2CCCCC2C1)[C@@H]1CCCN1C(=O)C=C. The fourth-order valence-electron chi connectivity index (χ4n) is 9.51. The lowest BCUT2D eigenvalue weighted by Gasteiger charge is -2.56. The van der Waals surface area contributed by atoms with E-state index in [4.69, 9.17) is 4.74 Å². The Morgan fingerprint density at radius 1 is 0.686 bits per heavy atom. The molecule has 0 aromatic carbocycles. The van der Waals surface area contributed by atoms with Gasteiger partial charge in [-0.25, -0.2) is 4.79 Å². The van der Waals surface area contributed by atoms with Gasteiger partial charge in [0.2, 0.25) is 5.91 Å². The summed E-state index contributed by atoms with van der Waals surface area (Å²) < 4.78 is 6.75. The van der Waals surface area contributed by atoms with E-state index < -0.39 is 5.60 Å². The Bertz CT molecular complexity index is 771. The van der Waals surface area contributed by atoms with E-state index in [1.165, 1.54) is 76.4 Å². The van der Waals surface area contributed by atoms with Crippen LogP contribution in [0.5, 0.6) is 0 Å². The number of nitrogens with zero attached hydrogens (tertiary/aromatic N) is 1. The van der Waals surface area contributed by atoms with Crippen molar-refractivity contribution in [3.63, 3.8) is 0 Å². The molecule has 0 spiro atoms. The Hall–Kier alpha value is -1.58. The molecule has 4 heteroatoms. The van der Waals surface area contributed by atoms with E-state index in [0.29, 0.717) is 11.8 Å². The molecule has 0 radical (unpaired) electrons. The van der Waals surface area contributed by atoms with Crippen molar-refractivity contribution < 1.29 is 14.3 Å². The third-order valence-corrected chi connectivity index (χ3v) is 11.0. The minimum Gasteiger partial charge on any atom is -0.453 e. The molecule has 4 nitrogen and oxygen atoms in total. The molecule has 0 aromatic heterocycles. The fraction of sp³-hybridized carbons (Fsp3) is 0.806. The third kappa shape index (κ3) is 4.76. The molecule has 0 bridgehead atoms. The van der Waals surface area contributed by atoms with E-state index in [-0.39, 0.29) is 17.9 Å². The van der Waals surface area contributed by atoms with Crippen LogP contribution < -0.4 is 0 Å². The summed E-state index contributed by atoms with van der Waals surface area (Å²) >= 11 is 0. The minimum atomic E-state index is -0.592. The van der Waals surface area contributed by atoms with Crippen LogP contribution in [0.2, 0.25) is 0 Å². The predicted molar refractivity (Wildman–Crippen MR) is 140 cm³/mol. The average Bonchev–Trinajstić information content (AvgIpc) is 3.41. The topological polar surface area (TPSA) is 46.6 Å². The van der Waals surface area contributed by atoms with Gasteiger partial charge in [0.1, 0.15) is 5.60 Å². The zero-order valence-electron chi connectivity index (χ0n) is 21.8. The molecule has 194 valence electrons. The summed E-state index contributed by atoms with van der Waals surface area (Å²) in [6.07, 6.45) is 22.6. The van der Waals surface area contributed by atoms with Crippen molar-refractivity contribution in [1.29, 1.82) is 0 Å². The van der Waals surface area contributed by atoms with Crippen LogP contribution in [0.1, 0.15) is 103 Å². The molecule has 35 heavy (non-hydrogen) atoms. The summed E-state index contributed by atoms with van der Waals surface area (Å²) in [5.74, 6) is 3.57. The summed E-state index contributed by atoms with van der Waals surface area (Å²) in [5, 5.41) is 0. The molecule has 5 rings (SSSR count). The third-order valence-electron chi connectivity index (χ3n) is 11.0. The van der Waals surface area contributed by atoms with Gasteiger partial charge in [0.25, 0.3) is 0 Å². The number of amides is 1. The number of carbonyl (C=O) groups excluding carboxylic acids is 2. The Morgan fingerprint density at radius 2 is 1.23 bits per heavy atom. The lowest BCUT2D eigenvalue weighted by Crippen LogP contribution is -2.64. The van der Waals surface area contributed by atoms with E-state index in [1.54, 1.807) is 0 Å². The second-order valence-corrected chi connectivity index (χ2v) is 12.5. The van der Waals surface area contributed by atoms with Crippen molar-refractivity contribution >= 4 is 11.9 Å². The number of fused-ring (bicyclic) bond motifs is 2. The molecule has 4 aliphatic carbocycles. The van der Waals surface area contributed by atoms with Gasteiger partial charge in [-0.2, -0.15) is 0 Å². The van der Waals surface area contributed by atoms with Gasteiger partial charge in [-0.1, -0.05) is 64.5 Å². The van der Waals surface area contributed by atoms with Crippen molar-refractivity contribution in [2.45, 2.75) is 114 Å². The van der Waals surface area contributed by atoms with Crippen LogP contribution in [0.15, 0.2) is 25.3 Å². The van der Waals surface area contributed by atoms with Gasteiger partial charge < -0.3 is 9.64 Å². The molecule has 1 saturated heterocycles. The Morgan fingerprint density at radius 3 is 1.74 bits per heavy atom. The van der Waals surface area contributed by atoms with Crippen molar-refractivity contribution in [3.8, 4) is 0 Å². The Balaban J connectivity index is 1.54. The van der Waals surface area contributed by atoms with Gasteiger partial charge in [0.05, 0.1) is 6.04 Å². The van der Waals surface area contributed by atoms with E-state index >= 15 is 0 Å². The molecule has 1 amide bonds. The Labute approximate surface area is 212 Å². The number of ether oxygens (including phenoxy) is 1. The highest BCUT2D eigenvalue weighted by molar-refractivity contribution is 5.87. The molecule has 0 aromatic rings. The molecule has 5 aliphatic rings. The van der Waals surface area contributed by atoms with Gasteiger partial charge in [-0.05, 0) is 81.1 Å². The van der Waals surface area contributed by atoms with Crippen LogP contribution in [0.3, 0.4) is 0 Å². The molecule has 4 saturated carbocycles. The molecule has 7 atom stereocenters. The molecular formula is C31H47NO3. The van der Waals surface area contributed by atoms with Crippen LogP contribution in [0, 0.1) is 35.5 Å². The van der Waals surface area contributed by atoms with E-state index in [2.05, 4.69) is 13.2 Å². The number of carbonyl (C=O) groups is 2. The van der Waals surface area contributed by atoms with Crippen LogP contribution in [-0.2, 0) is 14.3 Å². The van der Waals surface area contributed by atoms with Gasteiger partial charge in [0, 0.05) is 24.5 Å². The number of rotatable bonds is 6. The monoisotopic (exact) mass is 481 g/mol.